The topological polar surface area (TPSA) is 56.7 Å². The quantitative estimate of drug-likeness (QED) is 0.171. The highest BCUT2D eigenvalue weighted by atomic mass is 16.3. The monoisotopic (exact) mass is 727 g/mol. The van der Waals surface area contributed by atoms with E-state index in [1.807, 2.05) is 109 Å². The molecular weight excluding hydrogens is 685 g/mol. The zero-order chi connectivity index (χ0) is 46.6. The molecule has 0 radical (unpaired) electrons. The number of hydrogen-bond donors (Lipinski definition) is 0. The van der Waals surface area contributed by atoms with Crippen molar-refractivity contribution in [3.63, 3.8) is 0 Å². The van der Waals surface area contributed by atoms with Gasteiger partial charge in [-0.15, -0.1) is 0 Å². The van der Waals surface area contributed by atoms with Crippen molar-refractivity contribution >= 4 is 43.7 Å². The van der Waals surface area contributed by atoms with Gasteiger partial charge < -0.3 is 8.98 Å². The second-order valence-corrected chi connectivity index (χ2v) is 13.1. The van der Waals surface area contributed by atoms with Crippen LogP contribution >= 0.6 is 0 Å². The molecule has 0 spiro atoms. The summed E-state index contributed by atoms with van der Waals surface area (Å²) < 4.78 is 107. The standard InChI is InChI=1S/C51H32N4O/c1-4-15-33(16-5-1)36-27-29-39-38-21-10-12-25-44(38)55(46(39)32-36)45-30-28-37(31-43(45)42-24-14-23-41-40-22-11-13-26-47(40)56-48(41)42)51-53-49(34-17-6-2-7-18-34)52-50(54-51)35-19-8-3-9-20-35/h1-32H/i1D,4D,5D,10D,15D,16D,21D,25D,27D,29D,32D. The molecule has 56 heavy (non-hydrogen) atoms. The van der Waals surface area contributed by atoms with Gasteiger partial charge in [0.25, 0.3) is 0 Å². The molecule has 262 valence electrons. The minimum Gasteiger partial charge on any atom is -0.455 e. The SMILES string of the molecule is [2H]c1cc([2H])c2c(c1[2H])c1c([2H])c([2H])c(-c3c([2H])c([2H])c([2H])c([2H])c3[2H])c([2H])c1n2-c1ccc(-c2nc(-c3ccccc3)nc(-c3ccccc3)n2)cc1-c1cccc2c1oc1ccccc12. The number of para-hydroxylation sites is 3. The molecule has 3 heterocycles. The van der Waals surface area contributed by atoms with E-state index in [9.17, 15) is 6.85 Å². The Morgan fingerprint density at radius 3 is 1.88 bits per heavy atom. The van der Waals surface area contributed by atoms with Gasteiger partial charge in [-0.1, -0.05) is 158 Å². The molecule has 0 unspecified atom stereocenters. The average Bonchev–Trinajstić information content (AvgIpc) is 3.93. The smallest absolute Gasteiger partial charge is 0.164 e. The summed E-state index contributed by atoms with van der Waals surface area (Å²) in [6.07, 6.45) is 0. The van der Waals surface area contributed by atoms with Crippen LogP contribution in [0.5, 0.6) is 0 Å². The summed E-state index contributed by atoms with van der Waals surface area (Å²) in [6.45, 7) is 0. The summed E-state index contributed by atoms with van der Waals surface area (Å²) in [7, 11) is 0. The number of fused-ring (bicyclic) bond motifs is 6. The van der Waals surface area contributed by atoms with Crippen molar-refractivity contribution in [3.8, 4) is 62.1 Å². The van der Waals surface area contributed by atoms with Gasteiger partial charge in [-0.2, -0.15) is 0 Å². The highest BCUT2D eigenvalue weighted by molar-refractivity contribution is 6.13. The van der Waals surface area contributed by atoms with E-state index in [2.05, 4.69) is 0 Å². The first-order valence-electron chi connectivity index (χ1n) is 23.4. The van der Waals surface area contributed by atoms with Gasteiger partial charge in [-0.25, -0.2) is 15.0 Å². The highest BCUT2D eigenvalue weighted by Crippen LogP contribution is 2.43. The summed E-state index contributed by atoms with van der Waals surface area (Å²) in [5, 5.41) is 1.56. The lowest BCUT2D eigenvalue weighted by molar-refractivity contribution is 0.670. The molecule has 0 aliphatic carbocycles. The lowest BCUT2D eigenvalue weighted by Gasteiger charge is -2.17. The summed E-state index contributed by atoms with van der Waals surface area (Å²) in [5.41, 5.74) is 3.75. The van der Waals surface area contributed by atoms with Crippen LogP contribution in [0.25, 0.3) is 106 Å². The van der Waals surface area contributed by atoms with Gasteiger partial charge in [0, 0.05) is 49.4 Å². The lowest BCUT2D eigenvalue weighted by atomic mass is 9.97. The Kier molecular flexibility index (Phi) is 5.25. The first-order chi connectivity index (χ1) is 32.3. The first kappa shape index (κ1) is 22.6. The van der Waals surface area contributed by atoms with Gasteiger partial charge in [0.05, 0.1) is 31.8 Å². The minimum absolute atomic E-state index is 0.0263. The van der Waals surface area contributed by atoms with Gasteiger partial charge in [0.15, 0.2) is 17.5 Å². The largest absolute Gasteiger partial charge is 0.455 e. The number of furan rings is 1. The van der Waals surface area contributed by atoms with Crippen LogP contribution in [0.15, 0.2) is 198 Å². The Balaban J connectivity index is 1.30. The molecule has 8 aromatic carbocycles. The molecule has 0 saturated heterocycles. The van der Waals surface area contributed by atoms with Crippen LogP contribution in [-0.2, 0) is 0 Å². The van der Waals surface area contributed by atoms with Crippen molar-refractivity contribution in [3.05, 3.63) is 194 Å². The van der Waals surface area contributed by atoms with Gasteiger partial charge in [0.2, 0.25) is 0 Å². The van der Waals surface area contributed by atoms with E-state index >= 15 is 0 Å². The van der Waals surface area contributed by atoms with E-state index in [-0.39, 0.29) is 39.9 Å². The summed E-state index contributed by atoms with van der Waals surface area (Å²) in [5.74, 6) is 1.18. The van der Waals surface area contributed by atoms with E-state index in [4.69, 9.17) is 27.6 Å². The molecule has 0 bridgehead atoms. The molecule has 5 heteroatoms. The molecule has 0 aliphatic rings. The molecule has 11 rings (SSSR count). The predicted molar refractivity (Wildman–Crippen MR) is 229 cm³/mol. The fourth-order valence-corrected chi connectivity index (χ4v) is 7.28. The van der Waals surface area contributed by atoms with Crippen LogP contribution in [0.2, 0.25) is 0 Å². The number of benzene rings is 8. The van der Waals surface area contributed by atoms with Crippen LogP contribution in [0.1, 0.15) is 15.1 Å². The van der Waals surface area contributed by atoms with Crippen molar-refractivity contribution < 1.29 is 19.5 Å². The summed E-state index contributed by atoms with van der Waals surface area (Å²) >= 11 is 0. The fraction of sp³-hybridized carbons (Fsp3) is 0. The van der Waals surface area contributed by atoms with E-state index in [1.165, 1.54) is 6.07 Å². The maximum Gasteiger partial charge on any atom is 0.164 e. The second kappa shape index (κ2) is 13.0. The Labute approximate surface area is 338 Å². The number of hydrogen-bond acceptors (Lipinski definition) is 4. The Bertz CT molecular complexity index is 3810. The van der Waals surface area contributed by atoms with Crippen molar-refractivity contribution in [1.82, 2.24) is 19.5 Å². The third kappa shape index (κ3) is 5.29. The molecule has 0 saturated carbocycles. The minimum atomic E-state index is -0.677. The van der Waals surface area contributed by atoms with Crippen molar-refractivity contribution in [1.29, 1.82) is 0 Å². The Hall–Kier alpha value is -7.63. The third-order valence-corrected chi connectivity index (χ3v) is 9.84. The van der Waals surface area contributed by atoms with Gasteiger partial charge in [-0.05, 0) is 47.5 Å². The Morgan fingerprint density at radius 2 is 1.11 bits per heavy atom. The molecular formula is C51H32N4O. The van der Waals surface area contributed by atoms with E-state index in [0.717, 1.165) is 21.9 Å². The zero-order valence-corrected chi connectivity index (χ0v) is 29.3. The van der Waals surface area contributed by atoms with Crippen LogP contribution in [0.3, 0.4) is 0 Å². The summed E-state index contributed by atoms with van der Waals surface area (Å²) in [6, 6.07) is 33.1. The molecule has 3 aromatic heterocycles. The van der Waals surface area contributed by atoms with E-state index in [0.29, 0.717) is 51.0 Å². The molecule has 0 N–H and O–H groups in total. The van der Waals surface area contributed by atoms with E-state index in [1.54, 1.807) is 16.7 Å². The molecule has 11 aromatic rings. The number of aromatic nitrogens is 4. The van der Waals surface area contributed by atoms with Crippen molar-refractivity contribution in [2.45, 2.75) is 0 Å². The molecule has 0 fully saturated rings. The van der Waals surface area contributed by atoms with E-state index < -0.39 is 59.5 Å². The van der Waals surface area contributed by atoms with Crippen molar-refractivity contribution in [2.24, 2.45) is 0 Å². The number of rotatable bonds is 6. The Morgan fingerprint density at radius 1 is 0.429 bits per heavy atom. The molecule has 0 atom stereocenters. The zero-order valence-electron chi connectivity index (χ0n) is 40.3. The van der Waals surface area contributed by atoms with Crippen LogP contribution in [0.4, 0.5) is 0 Å². The lowest BCUT2D eigenvalue weighted by Crippen LogP contribution is -2.02. The maximum absolute atomic E-state index is 9.91. The summed E-state index contributed by atoms with van der Waals surface area (Å²) in [4.78, 5) is 14.9. The predicted octanol–water partition coefficient (Wildman–Crippen LogP) is 13.2. The fourth-order valence-electron chi connectivity index (χ4n) is 7.28. The normalized spacial score (nSPS) is 14.3. The van der Waals surface area contributed by atoms with Crippen LogP contribution in [-0.4, -0.2) is 19.5 Å². The average molecular weight is 728 g/mol. The second-order valence-electron chi connectivity index (χ2n) is 13.1. The molecule has 0 amide bonds. The number of nitrogens with zero attached hydrogens (tertiary/aromatic N) is 4. The van der Waals surface area contributed by atoms with Crippen molar-refractivity contribution in [2.75, 3.05) is 0 Å². The third-order valence-electron chi connectivity index (χ3n) is 9.84. The first-order valence-corrected chi connectivity index (χ1v) is 17.9. The van der Waals surface area contributed by atoms with Crippen LogP contribution < -0.4 is 0 Å². The highest BCUT2D eigenvalue weighted by Gasteiger charge is 2.21. The molecule has 5 nitrogen and oxygen atoms in total. The van der Waals surface area contributed by atoms with Gasteiger partial charge in [0.1, 0.15) is 11.2 Å². The van der Waals surface area contributed by atoms with Gasteiger partial charge >= 0.3 is 0 Å². The maximum atomic E-state index is 9.91. The van der Waals surface area contributed by atoms with Crippen LogP contribution in [0, 0.1) is 0 Å². The van der Waals surface area contributed by atoms with Gasteiger partial charge in [-0.3, -0.25) is 0 Å². The molecule has 0 aliphatic heterocycles.